The smallest absolute Gasteiger partial charge is 0.166 e. The van der Waals surface area contributed by atoms with E-state index in [9.17, 15) is 13.6 Å². The molecule has 0 fully saturated rings. The highest BCUT2D eigenvalue weighted by atomic mass is 19.2. The molecule has 0 amide bonds. The summed E-state index contributed by atoms with van der Waals surface area (Å²) in [5.74, 6) is -2.01. The summed E-state index contributed by atoms with van der Waals surface area (Å²) < 4.78 is 26.0. The lowest BCUT2D eigenvalue weighted by Crippen LogP contribution is -1.93. The first-order valence-corrected chi connectivity index (χ1v) is 4.15. The standard InChI is InChI=1S/C11H10F2O/c1-7(6-8(2)14)9-4-3-5-10(12)11(9)13/h3-6H,1-2H3/b7-6-. The second-order valence-corrected chi connectivity index (χ2v) is 3.04. The normalized spacial score (nSPS) is 11.6. The molecule has 0 heterocycles. The largest absolute Gasteiger partial charge is 0.295 e. The van der Waals surface area contributed by atoms with Crippen molar-refractivity contribution in [1.29, 1.82) is 0 Å². The zero-order chi connectivity index (χ0) is 10.7. The molecule has 0 radical (unpaired) electrons. The Balaban J connectivity index is 3.20. The molecule has 14 heavy (non-hydrogen) atoms. The summed E-state index contributed by atoms with van der Waals surface area (Å²) in [4.78, 5) is 10.7. The van der Waals surface area contributed by atoms with Crippen molar-refractivity contribution in [1.82, 2.24) is 0 Å². The number of carbonyl (C=O) groups excluding carboxylic acids is 1. The van der Waals surface area contributed by atoms with Crippen molar-refractivity contribution in [3.8, 4) is 0 Å². The van der Waals surface area contributed by atoms with Gasteiger partial charge >= 0.3 is 0 Å². The van der Waals surface area contributed by atoms with E-state index in [0.717, 1.165) is 6.07 Å². The van der Waals surface area contributed by atoms with Crippen LogP contribution in [-0.2, 0) is 4.79 Å². The summed E-state index contributed by atoms with van der Waals surface area (Å²) in [5, 5.41) is 0. The van der Waals surface area contributed by atoms with Crippen molar-refractivity contribution in [3.63, 3.8) is 0 Å². The van der Waals surface area contributed by atoms with E-state index in [0.29, 0.717) is 5.57 Å². The van der Waals surface area contributed by atoms with Gasteiger partial charge in [0.15, 0.2) is 17.4 Å². The lowest BCUT2D eigenvalue weighted by molar-refractivity contribution is -0.112. The Kier molecular flexibility index (Phi) is 3.12. The van der Waals surface area contributed by atoms with Crippen LogP contribution < -0.4 is 0 Å². The number of allylic oxidation sites excluding steroid dienone is 2. The highest BCUT2D eigenvalue weighted by Crippen LogP contribution is 2.19. The number of benzene rings is 1. The number of ketones is 1. The molecule has 0 atom stereocenters. The van der Waals surface area contributed by atoms with Crippen molar-refractivity contribution in [2.75, 3.05) is 0 Å². The van der Waals surface area contributed by atoms with E-state index < -0.39 is 11.6 Å². The third kappa shape index (κ3) is 2.25. The van der Waals surface area contributed by atoms with Gasteiger partial charge in [-0.1, -0.05) is 12.1 Å². The number of rotatable bonds is 2. The molecule has 3 heteroatoms. The van der Waals surface area contributed by atoms with E-state index in [2.05, 4.69) is 0 Å². The monoisotopic (exact) mass is 196 g/mol. The minimum absolute atomic E-state index is 0.125. The van der Waals surface area contributed by atoms with E-state index in [1.54, 1.807) is 6.92 Å². The van der Waals surface area contributed by atoms with Gasteiger partial charge in [-0.05, 0) is 31.6 Å². The van der Waals surface area contributed by atoms with Crippen LogP contribution in [-0.4, -0.2) is 5.78 Å². The lowest BCUT2D eigenvalue weighted by atomic mass is 10.1. The molecule has 1 aromatic carbocycles. The van der Waals surface area contributed by atoms with E-state index in [1.807, 2.05) is 0 Å². The lowest BCUT2D eigenvalue weighted by Gasteiger charge is -2.02. The van der Waals surface area contributed by atoms with Crippen LogP contribution in [0, 0.1) is 11.6 Å². The Bertz CT molecular complexity index is 394. The first-order valence-electron chi connectivity index (χ1n) is 4.15. The van der Waals surface area contributed by atoms with Crippen LogP contribution in [0.2, 0.25) is 0 Å². The minimum atomic E-state index is -0.914. The minimum Gasteiger partial charge on any atom is -0.295 e. The summed E-state index contributed by atoms with van der Waals surface area (Å²) in [5.41, 5.74) is 0.551. The van der Waals surface area contributed by atoms with Gasteiger partial charge in [0.25, 0.3) is 0 Å². The Hall–Kier alpha value is -1.51. The molecule has 0 aromatic heterocycles. The van der Waals surface area contributed by atoms with Crippen LogP contribution >= 0.6 is 0 Å². The van der Waals surface area contributed by atoms with Crippen molar-refractivity contribution in [2.24, 2.45) is 0 Å². The predicted octanol–water partition coefficient (Wildman–Crippen LogP) is 2.96. The molecule has 0 saturated carbocycles. The molecule has 1 aromatic rings. The predicted molar refractivity (Wildman–Crippen MR) is 50.7 cm³/mol. The molecular formula is C11H10F2O. The maximum Gasteiger partial charge on any atom is 0.166 e. The second kappa shape index (κ2) is 4.13. The molecule has 0 N–H and O–H groups in total. The maximum absolute atomic E-state index is 13.2. The van der Waals surface area contributed by atoms with Crippen LogP contribution in [0.25, 0.3) is 5.57 Å². The van der Waals surface area contributed by atoms with E-state index in [4.69, 9.17) is 0 Å². The number of hydrogen-bond acceptors (Lipinski definition) is 1. The molecule has 74 valence electrons. The van der Waals surface area contributed by atoms with Crippen LogP contribution in [0.1, 0.15) is 19.4 Å². The third-order valence-corrected chi connectivity index (χ3v) is 1.80. The molecular weight excluding hydrogens is 186 g/mol. The molecule has 0 aliphatic heterocycles. The van der Waals surface area contributed by atoms with Gasteiger partial charge in [0.1, 0.15) is 0 Å². The van der Waals surface area contributed by atoms with E-state index in [-0.39, 0.29) is 11.3 Å². The SMILES string of the molecule is CC(=O)/C=C(/C)c1cccc(F)c1F. The van der Waals surface area contributed by atoms with Crippen LogP contribution in [0.3, 0.4) is 0 Å². The molecule has 0 aliphatic carbocycles. The van der Waals surface area contributed by atoms with E-state index >= 15 is 0 Å². The molecule has 1 nitrogen and oxygen atoms in total. The quantitative estimate of drug-likeness (QED) is 0.664. The summed E-state index contributed by atoms with van der Waals surface area (Å²) in [7, 11) is 0. The van der Waals surface area contributed by atoms with Crippen molar-refractivity contribution in [2.45, 2.75) is 13.8 Å². The fourth-order valence-electron chi connectivity index (χ4n) is 1.19. The topological polar surface area (TPSA) is 17.1 Å². The Morgan fingerprint density at radius 2 is 1.93 bits per heavy atom. The fourth-order valence-corrected chi connectivity index (χ4v) is 1.19. The summed E-state index contributed by atoms with van der Waals surface area (Å²) >= 11 is 0. The second-order valence-electron chi connectivity index (χ2n) is 3.04. The third-order valence-electron chi connectivity index (χ3n) is 1.80. The van der Waals surface area contributed by atoms with Crippen LogP contribution in [0.4, 0.5) is 8.78 Å². The van der Waals surface area contributed by atoms with Gasteiger partial charge in [0.05, 0.1) is 0 Å². The van der Waals surface area contributed by atoms with Gasteiger partial charge in [0.2, 0.25) is 0 Å². The van der Waals surface area contributed by atoms with Gasteiger partial charge in [-0.2, -0.15) is 0 Å². The number of hydrogen-bond donors (Lipinski definition) is 0. The number of halogens is 2. The van der Waals surface area contributed by atoms with Crippen molar-refractivity contribution >= 4 is 11.4 Å². The van der Waals surface area contributed by atoms with Gasteiger partial charge in [-0.3, -0.25) is 4.79 Å². The number of carbonyl (C=O) groups is 1. The van der Waals surface area contributed by atoms with Crippen LogP contribution in [0.15, 0.2) is 24.3 Å². The summed E-state index contributed by atoms with van der Waals surface area (Å²) in [6, 6.07) is 3.89. The van der Waals surface area contributed by atoms with Gasteiger partial charge in [0, 0.05) is 5.56 Å². The van der Waals surface area contributed by atoms with Gasteiger partial charge in [-0.15, -0.1) is 0 Å². The van der Waals surface area contributed by atoms with E-state index in [1.165, 1.54) is 25.1 Å². The highest BCUT2D eigenvalue weighted by molar-refractivity contribution is 5.94. The summed E-state index contributed by atoms with van der Waals surface area (Å²) in [6.07, 6.45) is 1.28. The Morgan fingerprint density at radius 3 is 2.50 bits per heavy atom. The molecule has 0 bridgehead atoms. The molecule has 1 rings (SSSR count). The van der Waals surface area contributed by atoms with Crippen molar-refractivity contribution in [3.05, 3.63) is 41.5 Å². The Morgan fingerprint density at radius 1 is 1.29 bits per heavy atom. The average Bonchev–Trinajstić information content (AvgIpc) is 2.08. The van der Waals surface area contributed by atoms with Gasteiger partial charge < -0.3 is 0 Å². The van der Waals surface area contributed by atoms with Crippen molar-refractivity contribution < 1.29 is 13.6 Å². The first kappa shape index (κ1) is 10.6. The van der Waals surface area contributed by atoms with Gasteiger partial charge in [-0.25, -0.2) is 8.78 Å². The molecule has 0 spiro atoms. The molecule has 0 saturated heterocycles. The zero-order valence-electron chi connectivity index (χ0n) is 7.97. The summed E-state index contributed by atoms with van der Waals surface area (Å²) in [6.45, 7) is 2.93. The average molecular weight is 196 g/mol. The molecule has 0 aliphatic rings. The molecule has 0 unspecified atom stereocenters. The maximum atomic E-state index is 13.2. The van der Waals surface area contributed by atoms with Crippen LogP contribution in [0.5, 0.6) is 0 Å². The Labute approximate surface area is 81.1 Å². The fraction of sp³-hybridized carbons (Fsp3) is 0.182. The first-order chi connectivity index (χ1) is 6.52. The zero-order valence-corrected chi connectivity index (χ0v) is 7.97. The highest BCUT2D eigenvalue weighted by Gasteiger charge is 2.08.